The van der Waals surface area contributed by atoms with Crippen LogP contribution in [0, 0.1) is 5.82 Å². The van der Waals surface area contributed by atoms with Crippen LogP contribution in [0.2, 0.25) is 0 Å². The highest BCUT2D eigenvalue weighted by Crippen LogP contribution is 2.33. The van der Waals surface area contributed by atoms with Crippen molar-refractivity contribution in [3.8, 4) is 0 Å². The summed E-state index contributed by atoms with van der Waals surface area (Å²) in [5.41, 5.74) is -0.217. The van der Waals surface area contributed by atoms with Crippen LogP contribution in [-0.2, 0) is 10.3 Å². The highest BCUT2D eigenvalue weighted by atomic mass is 79.9. The van der Waals surface area contributed by atoms with E-state index in [1.165, 1.54) is 12.1 Å². The predicted molar refractivity (Wildman–Crippen MR) is 81.6 cm³/mol. The molecule has 1 aromatic rings. The minimum absolute atomic E-state index is 0.0465. The molecule has 0 fully saturated rings. The second-order valence-corrected chi connectivity index (χ2v) is 6.83. The van der Waals surface area contributed by atoms with Crippen molar-refractivity contribution in [3.63, 3.8) is 0 Å². The maximum atomic E-state index is 13.0. The zero-order valence-corrected chi connectivity index (χ0v) is 13.4. The summed E-state index contributed by atoms with van der Waals surface area (Å²) in [5, 5.41) is 0. The number of halogens is 2. The molecule has 0 aliphatic carbocycles. The highest BCUT2D eigenvalue weighted by Gasteiger charge is 2.44. The molecule has 1 amide bonds. The van der Waals surface area contributed by atoms with Gasteiger partial charge >= 0.3 is 0 Å². The van der Waals surface area contributed by atoms with Gasteiger partial charge in [-0.2, -0.15) is 0 Å². The van der Waals surface area contributed by atoms with Gasteiger partial charge in [-0.15, -0.1) is 0 Å². The second kappa shape index (κ2) is 5.64. The SMILES string of the molecule is CC1=NC(C)(c2ccc(F)cc2)C(=O)N1CCC(C)Br. The smallest absolute Gasteiger partial charge is 0.260 e. The Morgan fingerprint density at radius 3 is 2.55 bits per heavy atom. The molecule has 0 bridgehead atoms. The minimum Gasteiger partial charge on any atom is -0.298 e. The van der Waals surface area contributed by atoms with E-state index < -0.39 is 5.54 Å². The molecular weight excluding hydrogens is 323 g/mol. The number of amidine groups is 1. The molecule has 1 aliphatic heterocycles. The largest absolute Gasteiger partial charge is 0.298 e. The molecule has 0 saturated carbocycles. The van der Waals surface area contributed by atoms with Crippen LogP contribution in [0.25, 0.3) is 0 Å². The van der Waals surface area contributed by atoms with Gasteiger partial charge in [-0.3, -0.25) is 14.7 Å². The molecule has 0 N–H and O–H groups in total. The number of rotatable bonds is 4. The summed E-state index contributed by atoms with van der Waals surface area (Å²) >= 11 is 3.48. The van der Waals surface area contributed by atoms with Crippen LogP contribution in [0.15, 0.2) is 29.3 Å². The van der Waals surface area contributed by atoms with E-state index in [-0.39, 0.29) is 11.7 Å². The van der Waals surface area contributed by atoms with Crippen molar-refractivity contribution < 1.29 is 9.18 Å². The molecule has 1 heterocycles. The van der Waals surface area contributed by atoms with Gasteiger partial charge < -0.3 is 0 Å². The molecular formula is C15H18BrFN2O. The maximum absolute atomic E-state index is 13.0. The lowest BCUT2D eigenvalue weighted by Gasteiger charge is -2.23. The van der Waals surface area contributed by atoms with Crippen molar-refractivity contribution in [2.75, 3.05) is 6.54 Å². The number of hydrogen-bond acceptors (Lipinski definition) is 2. The molecule has 2 atom stereocenters. The first-order chi connectivity index (χ1) is 9.34. The van der Waals surface area contributed by atoms with Crippen molar-refractivity contribution in [1.82, 2.24) is 4.90 Å². The Labute approximate surface area is 127 Å². The summed E-state index contributed by atoms with van der Waals surface area (Å²) in [6.45, 7) is 6.30. The fraction of sp³-hybridized carbons (Fsp3) is 0.467. The van der Waals surface area contributed by atoms with Gasteiger partial charge in [-0.05, 0) is 38.0 Å². The van der Waals surface area contributed by atoms with Gasteiger partial charge in [0.25, 0.3) is 5.91 Å². The third kappa shape index (κ3) is 2.77. The van der Waals surface area contributed by atoms with Gasteiger partial charge in [-0.1, -0.05) is 35.0 Å². The monoisotopic (exact) mass is 340 g/mol. The average molecular weight is 341 g/mol. The molecule has 0 aromatic heterocycles. The number of carbonyl (C=O) groups is 1. The normalized spacial score (nSPS) is 23.9. The Morgan fingerprint density at radius 2 is 2.00 bits per heavy atom. The van der Waals surface area contributed by atoms with Gasteiger partial charge in [-0.25, -0.2) is 4.39 Å². The molecule has 3 nitrogen and oxygen atoms in total. The van der Waals surface area contributed by atoms with Crippen LogP contribution in [-0.4, -0.2) is 28.0 Å². The molecule has 0 radical (unpaired) electrons. The topological polar surface area (TPSA) is 32.7 Å². The third-order valence-corrected chi connectivity index (χ3v) is 4.05. The molecule has 0 saturated heterocycles. The molecule has 1 aliphatic rings. The minimum atomic E-state index is -0.937. The Bertz CT molecular complexity index is 541. The molecule has 0 spiro atoms. The lowest BCUT2D eigenvalue weighted by Crippen LogP contribution is -2.39. The first-order valence-electron chi connectivity index (χ1n) is 6.63. The fourth-order valence-electron chi connectivity index (χ4n) is 2.37. The average Bonchev–Trinajstić information content (AvgIpc) is 2.59. The number of amides is 1. The predicted octanol–water partition coefficient (Wildman–Crippen LogP) is 3.48. The quantitative estimate of drug-likeness (QED) is 0.772. The maximum Gasteiger partial charge on any atom is 0.260 e. The first kappa shape index (κ1) is 15.2. The van der Waals surface area contributed by atoms with Crippen molar-refractivity contribution >= 4 is 27.7 Å². The third-order valence-electron chi connectivity index (χ3n) is 3.59. The van der Waals surface area contributed by atoms with Gasteiger partial charge in [0.2, 0.25) is 0 Å². The van der Waals surface area contributed by atoms with E-state index in [0.29, 0.717) is 11.4 Å². The molecule has 20 heavy (non-hydrogen) atoms. The van der Waals surface area contributed by atoms with Gasteiger partial charge in [0.1, 0.15) is 11.7 Å². The highest BCUT2D eigenvalue weighted by molar-refractivity contribution is 9.09. The van der Waals surface area contributed by atoms with Gasteiger partial charge in [0.05, 0.1) is 0 Å². The summed E-state index contributed by atoms with van der Waals surface area (Å²) < 4.78 is 13.0. The summed E-state index contributed by atoms with van der Waals surface area (Å²) in [7, 11) is 0. The Hall–Kier alpha value is -1.23. The van der Waals surface area contributed by atoms with Crippen molar-refractivity contribution in [3.05, 3.63) is 35.6 Å². The molecule has 108 valence electrons. The van der Waals surface area contributed by atoms with Crippen LogP contribution >= 0.6 is 15.9 Å². The van der Waals surface area contributed by atoms with Crippen molar-refractivity contribution in [1.29, 1.82) is 0 Å². The van der Waals surface area contributed by atoms with E-state index >= 15 is 0 Å². The standard InChI is InChI=1S/C15H18BrFN2O/c1-10(16)8-9-19-11(2)18-15(3,14(19)20)12-4-6-13(17)7-5-12/h4-7,10H,8-9H2,1-3H3. The van der Waals surface area contributed by atoms with Crippen LogP contribution in [0.1, 0.15) is 32.8 Å². The van der Waals surface area contributed by atoms with E-state index in [1.54, 1.807) is 24.0 Å². The number of alkyl halides is 1. The van der Waals surface area contributed by atoms with E-state index in [1.807, 2.05) is 13.8 Å². The number of benzene rings is 1. The number of carbonyl (C=O) groups excluding carboxylic acids is 1. The second-order valence-electron chi connectivity index (χ2n) is 5.26. The number of aliphatic imine (C=N–C) groups is 1. The summed E-state index contributed by atoms with van der Waals surface area (Å²) in [5.74, 6) is 0.359. The number of nitrogens with zero attached hydrogens (tertiary/aromatic N) is 2. The Balaban J connectivity index is 2.26. The molecule has 2 unspecified atom stereocenters. The molecule has 5 heteroatoms. The Morgan fingerprint density at radius 1 is 1.40 bits per heavy atom. The number of hydrogen-bond donors (Lipinski definition) is 0. The van der Waals surface area contributed by atoms with Crippen LogP contribution < -0.4 is 0 Å². The van der Waals surface area contributed by atoms with Crippen LogP contribution in [0.3, 0.4) is 0 Å². The van der Waals surface area contributed by atoms with Crippen LogP contribution in [0.4, 0.5) is 4.39 Å². The molecule has 2 rings (SSSR count). The van der Waals surface area contributed by atoms with Crippen molar-refractivity contribution in [2.24, 2.45) is 4.99 Å². The molecule has 1 aromatic carbocycles. The lowest BCUT2D eigenvalue weighted by molar-refractivity contribution is -0.131. The van der Waals surface area contributed by atoms with Crippen LogP contribution in [0.5, 0.6) is 0 Å². The first-order valence-corrected chi connectivity index (χ1v) is 7.54. The van der Waals surface area contributed by atoms with E-state index in [2.05, 4.69) is 20.9 Å². The van der Waals surface area contributed by atoms with E-state index in [4.69, 9.17) is 0 Å². The Kier molecular flexibility index (Phi) is 4.28. The van der Waals surface area contributed by atoms with E-state index in [0.717, 1.165) is 17.8 Å². The summed E-state index contributed by atoms with van der Waals surface area (Å²) in [6, 6.07) is 5.98. The zero-order valence-electron chi connectivity index (χ0n) is 11.9. The van der Waals surface area contributed by atoms with Gasteiger partial charge in [0, 0.05) is 11.4 Å². The van der Waals surface area contributed by atoms with Crippen molar-refractivity contribution in [2.45, 2.75) is 37.6 Å². The zero-order chi connectivity index (χ0) is 14.9. The lowest BCUT2D eigenvalue weighted by atomic mass is 9.92. The summed E-state index contributed by atoms with van der Waals surface area (Å²) in [6.07, 6.45) is 0.859. The van der Waals surface area contributed by atoms with E-state index in [9.17, 15) is 9.18 Å². The fourth-order valence-corrected chi connectivity index (χ4v) is 2.58. The summed E-state index contributed by atoms with van der Waals surface area (Å²) in [4.78, 5) is 19.2. The van der Waals surface area contributed by atoms with Gasteiger partial charge in [0.15, 0.2) is 5.54 Å².